The molecule has 0 spiro atoms. The van der Waals surface area contributed by atoms with E-state index < -0.39 is 55.3 Å². The molecular formula is C28H30N6O7. The number of hydrogen-bond donors (Lipinski definition) is 7. The Bertz CT molecular complexity index is 1600. The number of nitrogens with zero attached hydrogens (tertiary/aromatic N) is 4. The number of carbonyl (C=O) groups is 1. The fourth-order valence-corrected chi connectivity index (χ4v) is 5.44. The highest BCUT2D eigenvalue weighted by atomic mass is 16.5. The van der Waals surface area contributed by atoms with Gasteiger partial charge in [-0.2, -0.15) is 0 Å². The number of amides is 1. The number of aromatic nitrogens is 4. The maximum absolute atomic E-state index is 13.1. The highest BCUT2D eigenvalue weighted by Crippen LogP contribution is 2.33. The van der Waals surface area contributed by atoms with Crippen LogP contribution in [0, 0.1) is 0 Å². The van der Waals surface area contributed by atoms with Gasteiger partial charge in [0, 0.05) is 18.5 Å². The third-order valence-electron chi connectivity index (χ3n) is 7.64. The molecular weight excluding hydrogens is 532 g/mol. The van der Waals surface area contributed by atoms with E-state index in [-0.39, 0.29) is 12.0 Å². The minimum absolute atomic E-state index is 0.0476. The lowest BCUT2D eigenvalue weighted by atomic mass is 9.91. The zero-order valence-corrected chi connectivity index (χ0v) is 21.8. The summed E-state index contributed by atoms with van der Waals surface area (Å²) in [6.45, 7) is -0.0262. The molecule has 0 bridgehead atoms. The summed E-state index contributed by atoms with van der Waals surface area (Å²) >= 11 is 0. The molecule has 1 fully saturated rings. The highest BCUT2D eigenvalue weighted by molar-refractivity contribution is 5.94. The highest BCUT2D eigenvalue weighted by Gasteiger charge is 2.46. The van der Waals surface area contributed by atoms with Crippen LogP contribution in [0.5, 0.6) is 0 Å². The predicted octanol–water partition coefficient (Wildman–Crippen LogP) is -0.260. The molecule has 13 nitrogen and oxygen atoms in total. The number of carbonyl (C=O) groups excluding carboxylic acids is 1. The number of aliphatic hydroxyl groups is 5. The van der Waals surface area contributed by atoms with Gasteiger partial charge >= 0.3 is 0 Å². The lowest BCUT2D eigenvalue weighted by Crippen LogP contribution is -2.49. The summed E-state index contributed by atoms with van der Waals surface area (Å²) in [5.41, 5.74) is 1.94. The Morgan fingerprint density at radius 1 is 1.02 bits per heavy atom. The van der Waals surface area contributed by atoms with Crippen LogP contribution in [0.1, 0.15) is 18.2 Å². The topological polar surface area (TPSA) is 195 Å². The van der Waals surface area contributed by atoms with E-state index in [0.29, 0.717) is 23.5 Å². The third-order valence-corrected chi connectivity index (χ3v) is 7.64. The van der Waals surface area contributed by atoms with Crippen molar-refractivity contribution in [2.24, 2.45) is 0 Å². The first-order chi connectivity index (χ1) is 19.9. The fourth-order valence-electron chi connectivity index (χ4n) is 5.44. The van der Waals surface area contributed by atoms with Crippen LogP contribution >= 0.6 is 0 Å². The number of fused-ring (bicyclic) bond motifs is 2. The van der Waals surface area contributed by atoms with Gasteiger partial charge in [0.1, 0.15) is 36.8 Å². The summed E-state index contributed by atoms with van der Waals surface area (Å²) in [6.07, 6.45) is -3.63. The Kier molecular flexibility index (Phi) is 7.38. The maximum atomic E-state index is 13.1. The van der Waals surface area contributed by atoms with Crippen molar-refractivity contribution in [2.75, 3.05) is 11.9 Å². The van der Waals surface area contributed by atoms with Crippen LogP contribution < -0.4 is 10.6 Å². The number of aliphatic hydroxyl groups excluding tert-OH is 5. The van der Waals surface area contributed by atoms with Gasteiger partial charge in [-0.05, 0) is 22.4 Å². The molecule has 3 heterocycles. The minimum Gasteiger partial charge on any atom is -0.394 e. The Hall–Kier alpha value is -3.98. The summed E-state index contributed by atoms with van der Waals surface area (Å²) < 4.78 is 7.47. The van der Waals surface area contributed by atoms with E-state index in [1.54, 1.807) is 4.57 Å². The summed E-state index contributed by atoms with van der Waals surface area (Å²) in [5.74, 6) is -0.184. The molecule has 0 radical (unpaired) electrons. The average molecular weight is 563 g/mol. The quantitative estimate of drug-likeness (QED) is 0.157. The molecule has 2 aromatic carbocycles. The van der Waals surface area contributed by atoms with Gasteiger partial charge in [-0.25, -0.2) is 15.0 Å². The smallest absolute Gasteiger partial charge is 0.247 e. The molecule has 3 unspecified atom stereocenters. The van der Waals surface area contributed by atoms with Crippen LogP contribution in [-0.2, 0) is 16.1 Å². The standard InChI is InChI=1S/C28H30N6O7/c35-11-20-24(39)21(33-27(40)16-8-18(36)23(38)19(37)9-16)28(41-20)34-13-32-22-25(30-12-31-26(22)34)29-10-15-6-3-5-14-4-1-2-7-17(14)15/h1-8,12-13,18-21,23-24,28,35-39H,9-11H2,(H,33,40)(H,29,30,31)/t18?,19?,20-,21-,23?,24-,28-/m1/s1. The number of benzene rings is 2. The van der Waals surface area contributed by atoms with Gasteiger partial charge in [0.25, 0.3) is 0 Å². The molecule has 13 heteroatoms. The number of imidazole rings is 1. The van der Waals surface area contributed by atoms with Crippen molar-refractivity contribution in [2.45, 2.75) is 55.8 Å². The number of ether oxygens (including phenoxy) is 1. The maximum Gasteiger partial charge on any atom is 0.247 e. The number of rotatable bonds is 7. The minimum atomic E-state index is -1.42. The van der Waals surface area contributed by atoms with Gasteiger partial charge in [-0.1, -0.05) is 42.5 Å². The first-order valence-corrected chi connectivity index (χ1v) is 13.2. The first kappa shape index (κ1) is 27.2. The molecule has 2 aliphatic rings. The van der Waals surface area contributed by atoms with Crippen LogP contribution in [0.4, 0.5) is 5.82 Å². The normalized spacial score (nSPS) is 28.1. The molecule has 1 amide bonds. The molecule has 7 N–H and O–H groups in total. The van der Waals surface area contributed by atoms with Crippen molar-refractivity contribution >= 4 is 33.7 Å². The number of anilines is 1. The van der Waals surface area contributed by atoms with Crippen LogP contribution in [0.2, 0.25) is 0 Å². The SMILES string of the molecule is O=C(N[C@@H]1[C@H](O)[C@@H](CO)O[C@H]1n1cnc2c(NCc3cccc4ccccc34)ncnc21)C1=CC(O)C(O)C(O)C1. The van der Waals surface area contributed by atoms with E-state index in [0.717, 1.165) is 16.3 Å². The molecule has 6 rings (SSSR count). The van der Waals surface area contributed by atoms with Crippen molar-refractivity contribution in [1.29, 1.82) is 0 Å². The van der Waals surface area contributed by atoms with Crippen LogP contribution in [0.3, 0.4) is 0 Å². The van der Waals surface area contributed by atoms with Crippen molar-refractivity contribution in [3.8, 4) is 0 Å². The molecule has 1 aliphatic carbocycles. The monoisotopic (exact) mass is 562 g/mol. The van der Waals surface area contributed by atoms with Gasteiger partial charge in [0.2, 0.25) is 5.91 Å². The number of hydrogen-bond acceptors (Lipinski definition) is 11. The van der Waals surface area contributed by atoms with Gasteiger partial charge in [0.15, 0.2) is 23.2 Å². The average Bonchev–Trinajstić information content (AvgIpc) is 3.55. The van der Waals surface area contributed by atoms with Gasteiger partial charge in [-0.3, -0.25) is 9.36 Å². The number of nitrogens with one attached hydrogen (secondary N) is 2. The largest absolute Gasteiger partial charge is 0.394 e. The fraction of sp³-hybridized carbons (Fsp3) is 0.357. The Morgan fingerprint density at radius 2 is 1.83 bits per heavy atom. The van der Waals surface area contributed by atoms with Crippen molar-refractivity contribution in [3.63, 3.8) is 0 Å². The molecule has 41 heavy (non-hydrogen) atoms. The lowest BCUT2D eigenvalue weighted by Gasteiger charge is -2.29. The third kappa shape index (κ3) is 5.03. The van der Waals surface area contributed by atoms with E-state index in [1.165, 1.54) is 18.7 Å². The summed E-state index contributed by atoms with van der Waals surface area (Å²) in [4.78, 5) is 26.3. The van der Waals surface area contributed by atoms with E-state index in [2.05, 4.69) is 31.7 Å². The lowest BCUT2D eigenvalue weighted by molar-refractivity contribution is -0.121. The van der Waals surface area contributed by atoms with E-state index >= 15 is 0 Å². The van der Waals surface area contributed by atoms with Crippen LogP contribution in [0.25, 0.3) is 21.9 Å². The van der Waals surface area contributed by atoms with Gasteiger partial charge in [-0.15, -0.1) is 0 Å². The van der Waals surface area contributed by atoms with E-state index in [4.69, 9.17) is 4.74 Å². The van der Waals surface area contributed by atoms with E-state index in [1.807, 2.05) is 36.4 Å². The second kappa shape index (κ2) is 11.1. The van der Waals surface area contributed by atoms with E-state index in [9.17, 15) is 30.3 Å². The molecule has 1 aliphatic heterocycles. The first-order valence-electron chi connectivity index (χ1n) is 13.2. The van der Waals surface area contributed by atoms with Gasteiger partial charge < -0.3 is 40.9 Å². The molecule has 1 saturated heterocycles. The van der Waals surface area contributed by atoms with Crippen LogP contribution in [-0.4, -0.2) is 94.1 Å². The van der Waals surface area contributed by atoms with Crippen molar-refractivity contribution < 1.29 is 35.1 Å². The Morgan fingerprint density at radius 3 is 2.63 bits per heavy atom. The molecule has 2 aromatic heterocycles. The molecule has 4 aromatic rings. The second-order valence-corrected chi connectivity index (χ2v) is 10.2. The van der Waals surface area contributed by atoms with Crippen molar-refractivity contribution in [1.82, 2.24) is 24.8 Å². The zero-order chi connectivity index (χ0) is 28.7. The predicted molar refractivity (Wildman–Crippen MR) is 146 cm³/mol. The summed E-state index contributed by atoms with van der Waals surface area (Å²) in [7, 11) is 0. The molecule has 214 valence electrons. The molecule has 0 saturated carbocycles. The summed E-state index contributed by atoms with van der Waals surface area (Å²) in [6, 6.07) is 13.1. The summed E-state index contributed by atoms with van der Waals surface area (Å²) in [5, 5.41) is 58.7. The van der Waals surface area contributed by atoms with Gasteiger partial charge in [0.05, 0.1) is 19.0 Å². The second-order valence-electron chi connectivity index (χ2n) is 10.2. The zero-order valence-electron chi connectivity index (χ0n) is 21.8. The van der Waals surface area contributed by atoms with Crippen molar-refractivity contribution in [3.05, 3.63) is 72.3 Å². The Labute approximate surface area is 233 Å². The molecule has 7 atom stereocenters. The Balaban J connectivity index is 1.26. The van der Waals surface area contributed by atoms with Crippen LogP contribution in [0.15, 0.2) is 66.8 Å².